The summed E-state index contributed by atoms with van der Waals surface area (Å²) < 4.78 is 16.4. The summed E-state index contributed by atoms with van der Waals surface area (Å²) in [5.74, 6) is -0.296. The summed E-state index contributed by atoms with van der Waals surface area (Å²) in [4.78, 5) is 21.8. The summed E-state index contributed by atoms with van der Waals surface area (Å²) in [6.45, 7) is 6.89. The van der Waals surface area contributed by atoms with Crippen LogP contribution in [-0.4, -0.2) is 40.8 Å². The summed E-state index contributed by atoms with van der Waals surface area (Å²) in [6, 6.07) is 0. The Labute approximate surface area is 164 Å². The number of ether oxygens (including phenoxy) is 2. The fourth-order valence-corrected chi connectivity index (χ4v) is 3.70. The van der Waals surface area contributed by atoms with Crippen LogP contribution in [0.4, 0.5) is 0 Å². The van der Waals surface area contributed by atoms with E-state index in [0.29, 0.717) is 42.8 Å². The Morgan fingerprint density at radius 2 is 2.25 bits per heavy atom. The molecule has 3 N–H and O–H groups in total. The first kappa shape index (κ1) is 20.4. The van der Waals surface area contributed by atoms with Crippen LogP contribution in [0.2, 0.25) is 0 Å². The molecule has 28 heavy (non-hydrogen) atoms. The standard InChI is InChI=1S/C20H27N3O5/c1-4-27-19(25)16-13(11-26-7-5-21)23-12-9-20(2,3)10-14(24)15(12)17(16)18-22-6-8-28-18/h6,8,14,24H,4-5,7,9-11,21H2,1-3H3. The number of carbonyl (C=O) groups is 1. The van der Waals surface area contributed by atoms with Crippen molar-refractivity contribution in [3.8, 4) is 11.5 Å². The van der Waals surface area contributed by atoms with E-state index in [2.05, 4.69) is 18.8 Å². The van der Waals surface area contributed by atoms with Gasteiger partial charge < -0.3 is 24.7 Å². The van der Waals surface area contributed by atoms with E-state index in [0.717, 1.165) is 5.69 Å². The second kappa shape index (κ2) is 8.38. The van der Waals surface area contributed by atoms with Crippen molar-refractivity contribution in [2.75, 3.05) is 19.8 Å². The molecule has 3 rings (SSSR count). The first-order chi connectivity index (χ1) is 13.4. The molecule has 8 nitrogen and oxygen atoms in total. The van der Waals surface area contributed by atoms with E-state index in [1.165, 1.54) is 12.5 Å². The van der Waals surface area contributed by atoms with Gasteiger partial charge in [0, 0.05) is 17.8 Å². The van der Waals surface area contributed by atoms with Gasteiger partial charge in [0.1, 0.15) is 6.26 Å². The van der Waals surface area contributed by atoms with Crippen LogP contribution in [0, 0.1) is 5.41 Å². The second-order valence-corrected chi connectivity index (χ2v) is 7.63. The lowest BCUT2D eigenvalue weighted by molar-refractivity contribution is 0.0516. The number of aliphatic hydroxyl groups excluding tert-OH is 1. The summed E-state index contributed by atoms with van der Waals surface area (Å²) in [5.41, 5.74) is 7.77. The maximum absolute atomic E-state index is 12.8. The molecule has 1 atom stereocenters. The van der Waals surface area contributed by atoms with Crippen molar-refractivity contribution in [2.24, 2.45) is 11.1 Å². The highest BCUT2D eigenvalue weighted by molar-refractivity contribution is 5.98. The Kier molecular flexibility index (Phi) is 6.12. The molecule has 0 aliphatic heterocycles. The van der Waals surface area contributed by atoms with Gasteiger partial charge in [0.05, 0.1) is 48.9 Å². The lowest BCUT2D eigenvalue weighted by atomic mass is 9.73. The average Bonchev–Trinajstić information content (AvgIpc) is 3.14. The average molecular weight is 389 g/mol. The van der Waals surface area contributed by atoms with Crippen molar-refractivity contribution < 1.29 is 23.8 Å². The first-order valence-electron chi connectivity index (χ1n) is 9.46. The van der Waals surface area contributed by atoms with Crippen LogP contribution in [-0.2, 0) is 22.5 Å². The molecule has 0 spiro atoms. The van der Waals surface area contributed by atoms with Crippen LogP contribution in [0.15, 0.2) is 16.9 Å². The molecule has 2 aromatic rings. The number of hydrogen-bond acceptors (Lipinski definition) is 8. The van der Waals surface area contributed by atoms with E-state index in [-0.39, 0.29) is 30.1 Å². The Morgan fingerprint density at radius 3 is 2.89 bits per heavy atom. The number of hydrogen-bond donors (Lipinski definition) is 2. The van der Waals surface area contributed by atoms with Crippen LogP contribution in [0.5, 0.6) is 0 Å². The largest absolute Gasteiger partial charge is 0.462 e. The van der Waals surface area contributed by atoms with Crippen LogP contribution in [0.25, 0.3) is 11.5 Å². The minimum absolute atomic E-state index is 0.100. The monoisotopic (exact) mass is 389 g/mol. The highest BCUT2D eigenvalue weighted by Gasteiger charge is 2.38. The van der Waals surface area contributed by atoms with Gasteiger partial charge in [-0.25, -0.2) is 9.78 Å². The number of aromatic nitrogens is 2. The molecule has 0 saturated heterocycles. The lowest BCUT2D eigenvalue weighted by Gasteiger charge is -2.35. The number of nitrogens with zero attached hydrogens (tertiary/aromatic N) is 2. The molecule has 2 aromatic heterocycles. The molecule has 1 aliphatic carbocycles. The predicted molar refractivity (Wildman–Crippen MR) is 101 cm³/mol. The van der Waals surface area contributed by atoms with Crippen molar-refractivity contribution in [3.05, 3.63) is 35.0 Å². The number of aliphatic hydroxyl groups is 1. The van der Waals surface area contributed by atoms with E-state index in [4.69, 9.17) is 24.6 Å². The third-order valence-corrected chi connectivity index (χ3v) is 4.74. The molecular formula is C20H27N3O5. The second-order valence-electron chi connectivity index (χ2n) is 7.63. The summed E-state index contributed by atoms with van der Waals surface area (Å²) in [5, 5.41) is 10.9. The summed E-state index contributed by atoms with van der Waals surface area (Å²) in [6.07, 6.45) is 3.34. The number of esters is 1. The maximum Gasteiger partial charge on any atom is 0.340 e. The van der Waals surface area contributed by atoms with Gasteiger partial charge in [-0.1, -0.05) is 13.8 Å². The minimum Gasteiger partial charge on any atom is -0.462 e. The molecule has 1 unspecified atom stereocenters. The summed E-state index contributed by atoms with van der Waals surface area (Å²) >= 11 is 0. The Hall–Kier alpha value is -2.29. The zero-order valence-electron chi connectivity index (χ0n) is 16.5. The molecule has 0 bridgehead atoms. The van der Waals surface area contributed by atoms with Crippen LogP contribution >= 0.6 is 0 Å². The highest BCUT2D eigenvalue weighted by atomic mass is 16.5. The molecule has 0 amide bonds. The van der Waals surface area contributed by atoms with Gasteiger partial charge in [0.15, 0.2) is 0 Å². The molecule has 1 aliphatic rings. The normalized spacial score (nSPS) is 18.0. The number of pyridine rings is 1. The summed E-state index contributed by atoms with van der Waals surface area (Å²) in [7, 11) is 0. The van der Waals surface area contributed by atoms with Gasteiger partial charge in [-0.2, -0.15) is 0 Å². The van der Waals surface area contributed by atoms with Crippen molar-refractivity contribution in [1.29, 1.82) is 0 Å². The number of rotatable bonds is 7. The molecular weight excluding hydrogens is 362 g/mol. The van der Waals surface area contributed by atoms with Gasteiger partial charge in [0.25, 0.3) is 0 Å². The topological polar surface area (TPSA) is 121 Å². The smallest absolute Gasteiger partial charge is 0.340 e. The Morgan fingerprint density at radius 1 is 1.46 bits per heavy atom. The fourth-order valence-electron chi connectivity index (χ4n) is 3.70. The van der Waals surface area contributed by atoms with E-state index in [1.54, 1.807) is 6.92 Å². The third kappa shape index (κ3) is 4.09. The highest BCUT2D eigenvalue weighted by Crippen LogP contribution is 2.45. The number of fused-ring (bicyclic) bond motifs is 1. The molecule has 0 fully saturated rings. The molecule has 8 heteroatoms. The van der Waals surface area contributed by atoms with Gasteiger partial charge in [-0.15, -0.1) is 0 Å². The van der Waals surface area contributed by atoms with Crippen molar-refractivity contribution in [1.82, 2.24) is 9.97 Å². The van der Waals surface area contributed by atoms with Crippen LogP contribution in [0.3, 0.4) is 0 Å². The maximum atomic E-state index is 12.8. The lowest BCUT2D eigenvalue weighted by Crippen LogP contribution is -2.29. The third-order valence-electron chi connectivity index (χ3n) is 4.74. The minimum atomic E-state index is -0.791. The molecule has 0 aromatic carbocycles. The van der Waals surface area contributed by atoms with Gasteiger partial charge in [-0.3, -0.25) is 4.98 Å². The van der Waals surface area contributed by atoms with Gasteiger partial charge >= 0.3 is 5.97 Å². The van der Waals surface area contributed by atoms with Gasteiger partial charge in [-0.05, 0) is 25.2 Å². The number of nitrogens with two attached hydrogens (primary N) is 1. The van der Waals surface area contributed by atoms with Crippen LogP contribution in [0.1, 0.15) is 60.6 Å². The van der Waals surface area contributed by atoms with Crippen molar-refractivity contribution in [2.45, 2.75) is 46.3 Å². The predicted octanol–water partition coefficient (Wildman–Crippen LogP) is 2.39. The number of oxazole rings is 1. The number of carbonyl (C=O) groups excluding carboxylic acids is 1. The first-order valence-corrected chi connectivity index (χ1v) is 9.46. The molecule has 0 radical (unpaired) electrons. The SMILES string of the molecule is CCOC(=O)c1c(COCCN)nc2c(c1-c1ncco1)C(O)CC(C)(C)C2. The zero-order valence-corrected chi connectivity index (χ0v) is 16.5. The Bertz CT molecular complexity index is 833. The molecule has 0 saturated carbocycles. The van der Waals surface area contributed by atoms with E-state index < -0.39 is 12.1 Å². The fraction of sp³-hybridized carbons (Fsp3) is 0.550. The van der Waals surface area contributed by atoms with Crippen LogP contribution < -0.4 is 5.73 Å². The van der Waals surface area contributed by atoms with Gasteiger partial charge in [0.2, 0.25) is 5.89 Å². The van der Waals surface area contributed by atoms with Crippen molar-refractivity contribution >= 4 is 5.97 Å². The van der Waals surface area contributed by atoms with E-state index in [1.807, 2.05) is 0 Å². The zero-order chi connectivity index (χ0) is 20.3. The molecule has 152 valence electrons. The molecule has 2 heterocycles. The van der Waals surface area contributed by atoms with E-state index >= 15 is 0 Å². The quantitative estimate of drug-likeness (QED) is 0.547. The van der Waals surface area contributed by atoms with E-state index in [9.17, 15) is 9.90 Å². The van der Waals surface area contributed by atoms with Crippen molar-refractivity contribution in [3.63, 3.8) is 0 Å². The Balaban J connectivity index is 2.25.